The molecular formula is C16H20ClN5O. The van der Waals surface area contributed by atoms with Gasteiger partial charge in [-0.25, -0.2) is 0 Å². The molecule has 23 heavy (non-hydrogen) atoms. The predicted octanol–water partition coefficient (Wildman–Crippen LogP) is 2.03. The van der Waals surface area contributed by atoms with Crippen LogP contribution < -0.4 is 10.6 Å². The summed E-state index contributed by atoms with van der Waals surface area (Å²) in [4.78, 5) is 14.1. The molecule has 7 heteroatoms. The summed E-state index contributed by atoms with van der Waals surface area (Å²) in [6.45, 7) is 2.00. The Morgan fingerprint density at radius 1 is 1.17 bits per heavy atom. The van der Waals surface area contributed by atoms with Crippen LogP contribution in [-0.4, -0.2) is 48.2 Å². The van der Waals surface area contributed by atoms with E-state index in [1.54, 1.807) is 18.2 Å². The molecule has 2 N–H and O–H groups in total. The lowest BCUT2D eigenvalue weighted by atomic mass is 10.2. The molecule has 122 valence electrons. The van der Waals surface area contributed by atoms with Gasteiger partial charge in [0.25, 0.3) is 5.91 Å². The first kappa shape index (κ1) is 17.2. The number of anilines is 1. The van der Waals surface area contributed by atoms with Crippen molar-refractivity contribution in [1.82, 2.24) is 20.4 Å². The Hall–Kier alpha value is -2.18. The second kappa shape index (κ2) is 8.45. The third-order valence-corrected chi connectivity index (χ3v) is 3.53. The largest absolute Gasteiger partial charge is 0.367 e. The molecule has 6 nitrogen and oxygen atoms in total. The molecule has 0 spiro atoms. The lowest BCUT2D eigenvalue weighted by Crippen LogP contribution is -2.24. The number of benzene rings is 1. The molecule has 0 saturated heterocycles. The molecule has 1 amide bonds. The number of hydrogen-bond acceptors (Lipinski definition) is 5. The van der Waals surface area contributed by atoms with Crippen molar-refractivity contribution in [2.45, 2.75) is 6.54 Å². The van der Waals surface area contributed by atoms with Crippen molar-refractivity contribution < 1.29 is 4.79 Å². The average Bonchev–Trinajstić information content (AvgIpc) is 2.54. The van der Waals surface area contributed by atoms with Gasteiger partial charge in [-0.2, -0.15) is 0 Å². The van der Waals surface area contributed by atoms with Crippen molar-refractivity contribution in [3.05, 3.63) is 52.7 Å². The molecule has 0 fully saturated rings. The van der Waals surface area contributed by atoms with E-state index in [1.165, 1.54) is 0 Å². The van der Waals surface area contributed by atoms with Crippen molar-refractivity contribution in [3.8, 4) is 0 Å². The summed E-state index contributed by atoms with van der Waals surface area (Å²) in [5, 5.41) is 14.5. The van der Waals surface area contributed by atoms with Gasteiger partial charge < -0.3 is 15.5 Å². The maximum Gasteiger partial charge on any atom is 0.272 e. The van der Waals surface area contributed by atoms with Gasteiger partial charge in [-0.05, 0) is 37.9 Å². The van der Waals surface area contributed by atoms with Gasteiger partial charge in [0.15, 0.2) is 5.69 Å². The van der Waals surface area contributed by atoms with Crippen molar-refractivity contribution >= 4 is 23.3 Å². The fourth-order valence-corrected chi connectivity index (χ4v) is 2.07. The maximum atomic E-state index is 12.1. The number of aromatic nitrogens is 2. The number of likely N-dealkylation sites (N-methyl/N-ethyl adjacent to an activating group) is 1. The van der Waals surface area contributed by atoms with E-state index in [2.05, 4.69) is 25.7 Å². The van der Waals surface area contributed by atoms with Crippen LogP contribution in [0.5, 0.6) is 0 Å². The first-order valence-corrected chi connectivity index (χ1v) is 7.68. The topological polar surface area (TPSA) is 70.2 Å². The molecule has 2 aromatic rings. The Morgan fingerprint density at radius 3 is 2.61 bits per heavy atom. The average molecular weight is 334 g/mol. The van der Waals surface area contributed by atoms with E-state index in [0.717, 1.165) is 18.7 Å². The summed E-state index contributed by atoms with van der Waals surface area (Å²) >= 11 is 6.05. The second-order valence-electron chi connectivity index (χ2n) is 5.31. The molecule has 1 heterocycles. The fourth-order valence-electron chi connectivity index (χ4n) is 1.86. The standard InChI is InChI=1S/C16H20ClN5O/c1-22(2)10-9-18-15-8-7-14(20-21-15)16(23)19-11-12-5-3-4-6-13(12)17/h3-8H,9-11H2,1-2H3,(H,18,21)(H,19,23). The zero-order valence-corrected chi connectivity index (χ0v) is 14.0. The number of carbonyl (C=O) groups excluding carboxylic acids is 1. The highest BCUT2D eigenvalue weighted by Gasteiger charge is 2.09. The van der Waals surface area contributed by atoms with Gasteiger partial charge in [0.05, 0.1) is 0 Å². The van der Waals surface area contributed by atoms with Crippen LogP contribution in [0.15, 0.2) is 36.4 Å². The first-order valence-electron chi connectivity index (χ1n) is 7.30. The molecule has 0 aliphatic heterocycles. The van der Waals surface area contributed by atoms with E-state index in [-0.39, 0.29) is 11.6 Å². The monoisotopic (exact) mass is 333 g/mol. The zero-order chi connectivity index (χ0) is 16.7. The van der Waals surface area contributed by atoms with Gasteiger partial charge in [-0.3, -0.25) is 4.79 Å². The maximum absolute atomic E-state index is 12.1. The van der Waals surface area contributed by atoms with E-state index >= 15 is 0 Å². The van der Waals surface area contributed by atoms with E-state index in [9.17, 15) is 4.79 Å². The Kier molecular flexibility index (Phi) is 6.31. The Balaban J connectivity index is 1.86. The van der Waals surface area contributed by atoms with Gasteiger partial charge in [0.2, 0.25) is 0 Å². The molecular weight excluding hydrogens is 314 g/mol. The molecule has 0 atom stereocenters. The minimum Gasteiger partial charge on any atom is -0.367 e. The van der Waals surface area contributed by atoms with Crippen LogP contribution in [0.1, 0.15) is 16.1 Å². The summed E-state index contributed by atoms with van der Waals surface area (Å²) in [5.41, 5.74) is 1.13. The molecule has 1 aromatic carbocycles. The van der Waals surface area contributed by atoms with Crippen LogP contribution in [0.25, 0.3) is 0 Å². The highest BCUT2D eigenvalue weighted by molar-refractivity contribution is 6.31. The second-order valence-corrected chi connectivity index (χ2v) is 5.72. The van der Waals surface area contributed by atoms with E-state index in [0.29, 0.717) is 17.4 Å². The number of rotatable bonds is 7. The fraction of sp³-hybridized carbons (Fsp3) is 0.312. The summed E-state index contributed by atoms with van der Waals surface area (Å²) in [7, 11) is 4.00. The highest BCUT2D eigenvalue weighted by atomic mass is 35.5. The number of nitrogens with one attached hydrogen (secondary N) is 2. The van der Waals surface area contributed by atoms with Gasteiger partial charge >= 0.3 is 0 Å². The molecule has 0 saturated carbocycles. The summed E-state index contributed by atoms with van der Waals surface area (Å²) in [6.07, 6.45) is 0. The normalized spacial score (nSPS) is 10.6. The smallest absolute Gasteiger partial charge is 0.272 e. The zero-order valence-electron chi connectivity index (χ0n) is 13.2. The van der Waals surface area contributed by atoms with Gasteiger partial charge in [0.1, 0.15) is 5.82 Å². The molecule has 0 unspecified atom stereocenters. The molecule has 0 bridgehead atoms. The number of carbonyl (C=O) groups is 1. The third kappa shape index (κ3) is 5.50. The van der Waals surface area contributed by atoms with Crippen LogP contribution in [-0.2, 0) is 6.54 Å². The molecule has 0 aliphatic rings. The number of hydrogen-bond donors (Lipinski definition) is 2. The van der Waals surface area contributed by atoms with Crippen molar-refractivity contribution in [2.24, 2.45) is 0 Å². The molecule has 0 aliphatic carbocycles. The minimum absolute atomic E-state index is 0.273. The lowest BCUT2D eigenvalue weighted by Gasteiger charge is -2.10. The number of halogens is 1. The van der Waals surface area contributed by atoms with Gasteiger partial charge in [0, 0.05) is 24.7 Å². The summed E-state index contributed by atoms with van der Waals surface area (Å²) < 4.78 is 0. The molecule has 0 radical (unpaired) electrons. The van der Waals surface area contributed by atoms with Crippen LogP contribution >= 0.6 is 11.6 Å². The van der Waals surface area contributed by atoms with E-state index in [1.807, 2.05) is 32.3 Å². The van der Waals surface area contributed by atoms with Gasteiger partial charge in [-0.15, -0.1) is 10.2 Å². The number of nitrogens with zero attached hydrogens (tertiary/aromatic N) is 3. The third-order valence-electron chi connectivity index (χ3n) is 3.16. The van der Waals surface area contributed by atoms with Crippen molar-refractivity contribution in [2.75, 3.05) is 32.5 Å². The Labute approximate surface area is 140 Å². The van der Waals surface area contributed by atoms with Crippen molar-refractivity contribution in [3.63, 3.8) is 0 Å². The SMILES string of the molecule is CN(C)CCNc1ccc(C(=O)NCc2ccccc2Cl)nn1. The predicted molar refractivity (Wildman–Crippen MR) is 91.7 cm³/mol. The highest BCUT2D eigenvalue weighted by Crippen LogP contribution is 2.14. The Bertz CT molecular complexity index is 645. The summed E-state index contributed by atoms with van der Waals surface area (Å²) in [5.74, 6) is 0.367. The summed E-state index contributed by atoms with van der Waals surface area (Å²) in [6, 6.07) is 10.8. The molecule has 2 rings (SSSR count). The molecule has 1 aromatic heterocycles. The first-order chi connectivity index (χ1) is 11.1. The van der Waals surface area contributed by atoms with Crippen LogP contribution in [0.2, 0.25) is 5.02 Å². The van der Waals surface area contributed by atoms with Crippen LogP contribution in [0.3, 0.4) is 0 Å². The Morgan fingerprint density at radius 2 is 1.96 bits per heavy atom. The van der Waals surface area contributed by atoms with Crippen LogP contribution in [0, 0.1) is 0 Å². The minimum atomic E-state index is -0.280. The quantitative estimate of drug-likeness (QED) is 0.811. The van der Waals surface area contributed by atoms with E-state index < -0.39 is 0 Å². The van der Waals surface area contributed by atoms with E-state index in [4.69, 9.17) is 11.6 Å². The number of amides is 1. The van der Waals surface area contributed by atoms with Crippen LogP contribution in [0.4, 0.5) is 5.82 Å². The lowest BCUT2D eigenvalue weighted by molar-refractivity contribution is 0.0945. The van der Waals surface area contributed by atoms with Crippen molar-refractivity contribution in [1.29, 1.82) is 0 Å². The van der Waals surface area contributed by atoms with Gasteiger partial charge in [-0.1, -0.05) is 29.8 Å².